The molecule has 0 atom stereocenters. The first kappa shape index (κ1) is 30.8. The van der Waals surface area contributed by atoms with Crippen molar-refractivity contribution in [3.8, 4) is 17.6 Å². The number of aromatic nitrogens is 1. The lowest BCUT2D eigenvalue weighted by atomic mass is 10.2. The summed E-state index contributed by atoms with van der Waals surface area (Å²) in [6, 6.07) is 14.1. The van der Waals surface area contributed by atoms with Gasteiger partial charge in [0.05, 0.1) is 21.7 Å². The molecule has 208 valence electrons. The number of nitriles is 1. The molecule has 1 amide bonds. The molecule has 7 nitrogen and oxygen atoms in total. The average molecular weight is 637 g/mol. The molecule has 0 fully saturated rings. The van der Waals surface area contributed by atoms with Crippen LogP contribution in [0.3, 0.4) is 0 Å². The number of benzene rings is 3. The molecule has 0 unspecified atom stereocenters. The predicted molar refractivity (Wildman–Crippen MR) is 141 cm³/mol. The number of carbonyl (C=O) groups excluding carboxylic acids is 1. The number of alkyl halides is 3. The molecule has 0 bridgehead atoms. The fourth-order valence-corrected chi connectivity index (χ4v) is 4.04. The number of carboxylic acid groups (broad SMARTS) is 1. The highest BCUT2D eigenvalue weighted by atomic mass is 35.5. The third kappa shape index (κ3) is 7.49. The van der Waals surface area contributed by atoms with Gasteiger partial charge in [-0.25, -0.2) is 9.18 Å². The van der Waals surface area contributed by atoms with Crippen LogP contribution >= 0.6 is 46.4 Å². The molecule has 3 aromatic carbocycles. The van der Waals surface area contributed by atoms with E-state index in [0.29, 0.717) is 15.9 Å². The topological polar surface area (TPSA) is 115 Å². The highest BCUT2D eigenvalue weighted by molar-refractivity contribution is 6.39. The highest BCUT2D eigenvalue weighted by Crippen LogP contribution is 2.35. The SMILES string of the molecule is N#Cc1cc(Cl)cc(Oc2c(Cl)ccc(CNC(=O)c3[nH]c4cc(Cl)ccc4c3Cl)c2F)c1.O=C(O)C(F)(F)F. The van der Waals surface area contributed by atoms with Gasteiger partial charge in [-0.15, -0.1) is 0 Å². The summed E-state index contributed by atoms with van der Waals surface area (Å²) in [5, 5.41) is 20.4. The van der Waals surface area contributed by atoms with Crippen molar-refractivity contribution in [3.05, 3.63) is 91.3 Å². The van der Waals surface area contributed by atoms with Crippen LogP contribution in [0.4, 0.5) is 17.6 Å². The number of carboxylic acids is 1. The number of aliphatic carboxylic acids is 1. The molecule has 0 aliphatic heterocycles. The summed E-state index contributed by atoms with van der Waals surface area (Å²) >= 11 is 24.4. The van der Waals surface area contributed by atoms with Crippen molar-refractivity contribution >= 4 is 69.2 Å². The van der Waals surface area contributed by atoms with E-state index in [1.54, 1.807) is 18.2 Å². The Bertz CT molecular complexity index is 1650. The molecule has 0 radical (unpaired) electrons. The maximum atomic E-state index is 15.1. The van der Waals surface area contributed by atoms with Crippen LogP contribution in [0.25, 0.3) is 10.9 Å². The second-order valence-electron chi connectivity index (χ2n) is 7.73. The van der Waals surface area contributed by atoms with Crippen molar-refractivity contribution in [3.63, 3.8) is 0 Å². The smallest absolute Gasteiger partial charge is 0.475 e. The zero-order chi connectivity index (χ0) is 29.8. The molecule has 0 saturated carbocycles. The Morgan fingerprint density at radius 3 is 2.33 bits per heavy atom. The van der Waals surface area contributed by atoms with E-state index in [1.165, 1.54) is 30.3 Å². The Hall–Kier alpha value is -3.69. The number of halogens is 8. The number of hydrogen-bond donors (Lipinski definition) is 3. The Morgan fingerprint density at radius 2 is 1.70 bits per heavy atom. The molecule has 0 aliphatic rings. The van der Waals surface area contributed by atoms with Crippen LogP contribution < -0.4 is 10.1 Å². The van der Waals surface area contributed by atoms with E-state index in [1.807, 2.05) is 6.07 Å². The number of nitrogens with zero attached hydrogens (tertiary/aromatic N) is 1. The van der Waals surface area contributed by atoms with Crippen molar-refractivity contribution in [2.24, 2.45) is 0 Å². The molecule has 1 aromatic heterocycles. The van der Waals surface area contributed by atoms with E-state index in [4.69, 9.17) is 66.3 Å². The van der Waals surface area contributed by atoms with Gasteiger partial charge in [-0.05, 0) is 42.5 Å². The third-order valence-corrected chi connectivity index (χ3v) is 6.10. The first-order valence-electron chi connectivity index (χ1n) is 10.6. The first-order valence-corrected chi connectivity index (χ1v) is 12.1. The molecule has 40 heavy (non-hydrogen) atoms. The second-order valence-corrected chi connectivity index (χ2v) is 9.39. The summed E-state index contributed by atoms with van der Waals surface area (Å²) in [5.41, 5.74) is 1.10. The number of carbonyl (C=O) groups is 2. The van der Waals surface area contributed by atoms with Gasteiger partial charge in [0.25, 0.3) is 5.91 Å². The summed E-state index contributed by atoms with van der Waals surface area (Å²) < 4.78 is 52.4. The minimum Gasteiger partial charge on any atom is -0.475 e. The molecular formula is C25H13Cl4F4N3O4. The number of aromatic amines is 1. The zero-order valence-corrected chi connectivity index (χ0v) is 22.5. The van der Waals surface area contributed by atoms with E-state index < -0.39 is 23.9 Å². The van der Waals surface area contributed by atoms with Crippen LogP contribution in [0.1, 0.15) is 21.6 Å². The molecule has 0 aliphatic carbocycles. The van der Waals surface area contributed by atoms with E-state index >= 15 is 4.39 Å². The molecular weight excluding hydrogens is 624 g/mol. The maximum Gasteiger partial charge on any atom is 0.490 e. The van der Waals surface area contributed by atoms with Gasteiger partial charge in [0, 0.05) is 33.1 Å². The standard InChI is InChI=1S/C23H12Cl4FN3O2.C2HF3O2/c24-13-2-3-16-18(8-13)31-21(19(16)27)23(32)30-10-12-1-4-17(26)22(20(12)28)33-15-6-11(9-29)5-14(25)7-15;3-2(4,5)1(6)7/h1-8,31H,10H2,(H,30,32);(H,6,7). The van der Waals surface area contributed by atoms with Gasteiger partial charge in [0.15, 0.2) is 11.6 Å². The van der Waals surface area contributed by atoms with Crippen LogP contribution in [0, 0.1) is 17.1 Å². The van der Waals surface area contributed by atoms with Gasteiger partial charge in [-0.1, -0.05) is 52.5 Å². The quantitative estimate of drug-likeness (QED) is 0.191. The van der Waals surface area contributed by atoms with Gasteiger partial charge in [0.2, 0.25) is 0 Å². The van der Waals surface area contributed by atoms with Crippen LogP contribution in [0.2, 0.25) is 20.1 Å². The molecule has 4 rings (SSSR count). The number of rotatable bonds is 5. The van der Waals surface area contributed by atoms with Gasteiger partial charge >= 0.3 is 12.1 Å². The van der Waals surface area contributed by atoms with Crippen LogP contribution in [0.15, 0.2) is 48.5 Å². The summed E-state index contributed by atoms with van der Waals surface area (Å²) in [4.78, 5) is 24.5. The van der Waals surface area contributed by atoms with Crippen molar-refractivity contribution in [1.82, 2.24) is 10.3 Å². The van der Waals surface area contributed by atoms with E-state index in [2.05, 4.69) is 10.3 Å². The molecule has 4 aromatic rings. The number of nitrogens with one attached hydrogen (secondary N) is 2. The first-order chi connectivity index (χ1) is 18.7. The Labute approximate surface area is 242 Å². The fourth-order valence-electron chi connectivity index (χ4n) is 3.16. The summed E-state index contributed by atoms with van der Waals surface area (Å²) in [6.07, 6.45) is -5.08. The van der Waals surface area contributed by atoms with Crippen molar-refractivity contribution in [1.29, 1.82) is 5.26 Å². The molecule has 0 spiro atoms. The number of hydrogen-bond acceptors (Lipinski definition) is 4. The molecule has 1 heterocycles. The van der Waals surface area contributed by atoms with Gasteiger partial charge in [0.1, 0.15) is 11.4 Å². The monoisotopic (exact) mass is 635 g/mol. The average Bonchev–Trinajstić information content (AvgIpc) is 3.20. The van der Waals surface area contributed by atoms with Crippen LogP contribution in [-0.4, -0.2) is 28.1 Å². The van der Waals surface area contributed by atoms with E-state index in [-0.39, 0.29) is 49.9 Å². The van der Waals surface area contributed by atoms with Gasteiger partial charge in [-0.2, -0.15) is 18.4 Å². The van der Waals surface area contributed by atoms with Crippen LogP contribution in [-0.2, 0) is 11.3 Å². The maximum absolute atomic E-state index is 15.1. The molecule has 15 heteroatoms. The number of H-pyrrole nitrogens is 1. The lowest BCUT2D eigenvalue weighted by molar-refractivity contribution is -0.192. The highest BCUT2D eigenvalue weighted by Gasteiger charge is 2.38. The number of fused-ring (bicyclic) bond motifs is 1. The number of ether oxygens (including phenoxy) is 1. The van der Waals surface area contributed by atoms with Crippen LogP contribution in [0.5, 0.6) is 11.5 Å². The molecule has 3 N–H and O–H groups in total. The Balaban J connectivity index is 0.000000559. The lowest BCUT2D eigenvalue weighted by Gasteiger charge is -2.13. The van der Waals surface area contributed by atoms with Crippen molar-refractivity contribution in [2.75, 3.05) is 0 Å². The van der Waals surface area contributed by atoms with Gasteiger partial charge in [-0.3, -0.25) is 4.79 Å². The van der Waals surface area contributed by atoms with Crippen molar-refractivity contribution in [2.45, 2.75) is 12.7 Å². The third-order valence-electron chi connectivity index (χ3n) is 4.96. The summed E-state index contributed by atoms with van der Waals surface area (Å²) in [7, 11) is 0. The van der Waals surface area contributed by atoms with Gasteiger partial charge < -0.3 is 20.1 Å². The summed E-state index contributed by atoms with van der Waals surface area (Å²) in [6.45, 7) is -0.163. The Kier molecular flexibility index (Phi) is 9.76. The molecule has 0 saturated heterocycles. The Morgan fingerprint density at radius 1 is 1.02 bits per heavy atom. The predicted octanol–water partition coefficient (Wildman–Crippen LogP) is 8.15. The minimum atomic E-state index is -5.08. The van der Waals surface area contributed by atoms with E-state index in [0.717, 1.165) is 0 Å². The summed E-state index contributed by atoms with van der Waals surface area (Å²) in [5.74, 6) is -4.17. The fraction of sp³-hybridized carbons (Fsp3) is 0.0800. The van der Waals surface area contributed by atoms with E-state index in [9.17, 15) is 18.0 Å². The normalized spacial score (nSPS) is 10.9. The number of amides is 1. The zero-order valence-electron chi connectivity index (χ0n) is 19.5. The van der Waals surface area contributed by atoms with Crippen molar-refractivity contribution < 1.29 is 37.0 Å². The largest absolute Gasteiger partial charge is 0.490 e. The second kappa shape index (κ2) is 12.7. The lowest BCUT2D eigenvalue weighted by Crippen LogP contribution is -2.24. The minimum absolute atomic E-state index is 0.0107.